The zero-order valence-corrected chi connectivity index (χ0v) is 17.4. The highest BCUT2D eigenvalue weighted by molar-refractivity contribution is 9.10. The summed E-state index contributed by atoms with van der Waals surface area (Å²) < 4.78 is 0.939. The van der Waals surface area contributed by atoms with Gasteiger partial charge in [0.15, 0.2) is 0 Å². The molecule has 0 saturated carbocycles. The fourth-order valence-corrected chi connectivity index (χ4v) is 3.58. The molecule has 6 nitrogen and oxygen atoms in total. The summed E-state index contributed by atoms with van der Waals surface area (Å²) in [5.41, 5.74) is 3.76. The molecule has 2 aromatic rings. The van der Waals surface area contributed by atoms with Crippen molar-refractivity contribution in [2.75, 3.05) is 19.0 Å². The quantitative estimate of drug-likeness (QED) is 0.730. The minimum absolute atomic E-state index is 0.0749. The Labute approximate surface area is 172 Å². The van der Waals surface area contributed by atoms with Crippen LogP contribution >= 0.6 is 15.9 Å². The molecule has 0 aliphatic carbocycles. The van der Waals surface area contributed by atoms with Gasteiger partial charge in [0.2, 0.25) is 5.91 Å². The molecule has 2 aromatic carbocycles. The van der Waals surface area contributed by atoms with Crippen LogP contribution in [0.25, 0.3) is 0 Å². The van der Waals surface area contributed by atoms with Crippen LogP contribution in [0.2, 0.25) is 0 Å². The summed E-state index contributed by atoms with van der Waals surface area (Å²) in [7, 11) is 3.93. The molecule has 28 heavy (non-hydrogen) atoms. The van der Waals surface area contributed by atoms with Crippen LogP contribution in [0, 0.1) is 0 Å². The first kappa shape index (κ1) is 20.1. The standard InChI is InChI=1S/C21H22BrN3O3/c1-24(2)17-8-4-6-15(12-17)19-13-18(14-5-3-7-16(22)11-14)23-25(19)20(26)9-10-21(27)28/h3-8,11-12,19H,9-10,13H2,1-2H3,(H,27,28)/t19-/m0/s1. The van der Waals surface area contributed by atoms with Crippen molar-refractivity contribution < 1.29 is 14.7 Å². The van der Waals surface area contributed by atoms with Crippen molar-refractivity contribution in [1.82, 2.24) is 5.01 Å². The third-order valence-electron chi connectivity index (χ3n) is 4.65. The fraction of sp³-hybridized carbons (Fsp3) is 0.286. The number of hydrogen-bond acceptors (Lipinski definition) is 4. The number of rotatable bonds is 6. The van der Waals surface area contributed by atoms with Crippen LogP contribution in [0.3, 0.4) is 0 Å². The summed E-state index contributed by atoms with van der Waals surface area (Å²) >= 11 is 3.47. The van der Waals surface area contributed by atoms with E-state index in [4.69, 9.17) is 5.11 Å². The van der Waals surface area contributed by atoms with E-state index in [2.05, 4.69) is 21.0 Å². The molecule has 0 unspecified atom stereocenters. The van der Waals surface area contributed by atoms with Gasteiger partial charge in [-0.3, -0.25) is 9.59 Å². The number of amides is 1. The summed E-state index contributed by atoms with van der Waals surface area (Å²) in [6, 6.07) is 15.5. The van der Waals surface area contributed by atoms with Gasteiger partial charge in [0.1, 0.15) is 0 Å². The van der Waals surface area contributed by atoms with E-state index in [0.717, 1.165) is 27.0 Å². The smallest absolute Gasteiger partial charge is 0.303 e. The molecule has 0 bridgehead atoms. The predicted molar refractivity (Wildman–Crippen MR) is 113 cm³/mol. The average molecular weight is 444 g/mol. The number of hydrazone groups is 1. The highest BCUT2D eigenvalue weighted by atomic mass is 79.9. The van der Waals surface area contributed by atoms with Gasteiger partial charge in [-0.1, -0.05) is 40.2 Å². The number of nitrogens with zero attached hydrogens (tertiary/aromatic N) is 3. The van der Waals surface area contributed by atoms with E-state index in [1.807, 2.05) is 67.5 Å². The molecule has 7 heteroatoms. The van der Waals surface area contributed by atoms with Gasteiger partial charge in [-0.05, 0) is 35.4 Å². The van der Waals surface area contributed by atoms with Gasteiger partial charge in [0, 0.05) is 37.1 Å². The second kappa shape index (κ2) is 8.56. The van der Waals surface area contributed by atoms with Gasteiger partial charge in [0.25, 0.3) is 0 Å². The second-order valence-corrected chi connectivity index (χ2v) is 7.81. The van der Waals surface area contributed by atoms with E-state index in [0.29, 0.717) is 6.42 Å². The normalized spacial score (nSPS) is 16.0. The minimum Gasteiger partial charge on any atom is -0.481 e. The lowest BCUT2D eigenvalue weighted by atomic mass is 9.97. The number of anilines is 1. The number of carbonyl (C=O) groups is 2. The first-order valence-corrected chi connectivity index (χ1v) is 9.79. The molecule has 0 fully saturated rings. The van der Waals surface area contributed by atoms with Crippen LogP contribution in [0.1, 0.15) is 36.4 Å². The second-order valence-electron chi connectivity index (χ2n) is 6.90. The highest BCUT2D eigenvalue weighted by Crippen LogP contribution is 2.35. The van der Waals surface area contributed by atoms with E-state index in [9.17, 15) is 9.59 Å². The van der Waals surface area contributed by atoms with Gasteiger partial charge < -0.3 is 10.0 Å². The van der Waals surface area contributed by atoms with Gasteiger partial charge in [-0.15, -0.1) is 0 Å². The maximum Gasteiger partial charge on any atom is 0.303 e. The highest BCUT2D eigenvalue weighted by Gasteiger charge is 2.33. The SMILES string of the molecule is CN(C)c1cccc([C@@H]2CC(c3cccc(Br)c3)=NN2C(=O)CCC(=O)O)c1. The van der Waals surface area contributed by atoms with Crippen molar-refractivity contribution in [3.05, 3.63) is 64.1 Å². The summed E-state index contributed by atoms with van der Waals surface area (Å²) in [5.74, 6) is -1.28. The summed E-state index contributed by atoms with van der Waals surface area (Å²) in [4.78, 5) is 25.6. The van der Waals surface area contributed by atoms with Crippen molar-refractivity contribution in [3.63, 3.8) is 0 Å². The van der Waals surface area contributed by atoms with Crippen LogP contribution in [-0.4, -0.2) is 41.8 Å². The number of aliphatic carboxylic acids is 1. The molecule has 1 aliphatic heterocycles. The maximum atomic E-state index is 12.7. The van der Waals surface area contributed by atoms with Crippen molar-refractivity contribution >= 4 is 39.2 Å². The predicted octanol–water partition coefficient (Wildman–Crippen LogP) is 4.06. The molecule has 0 radical (unpaired) electrons. The minimum atomic E-state index is -0.991. The Hall–Kier alpha value is -2.67. The Morgan fingerprint density at radius 3 is 2.61 bits per heavy atom. The molecule has 0 aromatic heterocycles. The van der Waals surface area contributed by atoms with Crippen LogP contribution in [0.15, 0.2) is 58.1 Å². The Morgan fingerprint density at radius 1 is 1.18 bits per heavy atom. The van der Waals surface area contributed by atoms with E-state index in [1.54, 1.807) is 0 Å². The average Bonchev–Trinajstić information content (AvgIpc) is 3.12. The summed E-state index contributed by atoms with van der Waals surface area (Å²) in [5, 5.41) is 15.0. The third kappa shape index (κ3) is 4.59. The monoisotopic (exact) mass is 443 g/mol. The summed E-state index contributed by atoms with van der Waals surface area (Å²) in [6.45, 7) is 0. The molecule has 1 aliphatic rings. The number of carbonyl (C=O) groups excluding carboxylic acids is 1. The molecule has 0 saturated heterocycles. The lowest BCUT2D eigenvalue weighted by Crippen LogP contribution is -2.27. The van der Waals surface area contributed by atoms with E-state index in [1.165, 1.54) is 5.01 Å². The molecular weight excluding hydrogens is 422 g/mol. The van der Waals surface area contributed by atoms with Gasteiger partial charge >= 0.3 is 5.97 Å². The van der Waals surface area contributed by atoms with Crippen LogP contribution in [0.4, 0.5) is 5.69 Å². The van der Waals surface area contributed by atoms with Gasteiger partial charge in [0.05, 0.1) is 18.2 Å². The Morgan fingerprint density at radius 2 is 1.93 bits per heavy atom. The van der Waals surface area contributed by atoms with Crippen molar-refractivity contribution in [3.8, 4) is 0 Å². The lowest BCUT2D eigenvalue weighted by Gasteiger charge is -2.23. The number of hydrogen-bond donors (Lipinski definition) is 1. The first-order valence-electron chi connectivity index (χ1n) is 8.99. The number of halogens is 1. The fourth-order valence-electron chi connectivity index (χ4n) is 3.18. The van der Waals surface area contributed by atoms with Crippen LogP contribution in [-0.2, 0) is 9.59 Å². The molecule has 146 valence electrons. The maximum absolute atomic E-state index is 12.7. The van der Waals surface area contributed by atoms with Gasteiger partial charge in [-0.2, -0.15) is 5.10 Å². The Kier molecular flexibility index (Phi) is 6.14. The molecule has 1 atom stereocenters. The number of carboxylic acids is 1. The van der Waals surface area contributed by atoms with Crippen molar-refractivity contribution in [2.45, 2.75) is 25.3 Å². The largest absolute Gasteiger partial charge is 0.481 e. The number of carboxylic acid groups (broad SMARTS) is 1. The molecular formula is C21H22BrN3O3. The van der Waals surface area contributed by atoms with Gasteiger partial charge in [-0.25, -0.2) is 5.01 Å². The van der Waals surface area contributed by atoms with E-state index in [-0.39, 0.29) is 24.8 Å². The zero-order chi connectivity index (χ0) is 20.3. The van der Waals surface area contributed by atoms with Crippen LogP contribution in [0.5, 0.6) is 0 Å². The van der Waals surface area contributed by atoms with Crippen molar-refractivity contribution in [2.24, 2.45) is 5.10 Å². The summed E-state index contributed by atoms with van der Waals surface area (Å²) in [6.07, 6.45) is 0.294. The molecule has 1 heterocycles. The topological polar surface area (TPSA) is 73.2 Å². The molecule has 1 N–H and O–H groups in total. The first-order chi connectivity index (χ1) is 13.3. The van der Waals surface area contributed by atoms with E-state index < -0.39 is 5.97 Å². The Balaban J connectivity index is 1.94. The van der Waals surface area contributed by atoms with Crippen LogP contribution < -0.4 is 4.90 Å². The third-order valence-corrected chi connectivity index (χ3v) is 5.14. The number of benzene rings is 2. The zero-order valence-electron chi connectivity index (χ0n) is 15.8. The molecule has 0 spiro atoms. The van der Waals surface area contributed by atoms with E-state index >= 15 is 0 Å². The van der Waals surface area contributed by atoms with Crippen molar-refractivity contribution in [1.29, 1.82) is 0 Å². The lowest BCUT2D eigenvalue weighted by molar-refractivity contribution is -0.141. The molecule has 1 amide bonds. The Bertz CT molecular complexity index is 927. The molecule has 3 rings (SSSR count).